The molecule has 3 rings (SSSR count). The number of aryl methyl sites for hydroxylation is 1. The van der Waals surface area contributed by atoms with E-state index >= 15 is 0 Å². The van der Waals surface area contributed by atoms with Crippen molar-refractivity contribution in [1.82, 2.24) is 15.2 Å². The number of nitrogens with zero attached hydrogens (tertiary/aromatic N) is 3. The molecule has 1 aromatic heterocycles. The number of hydrogen-bond donors (Lipinski definition) is 1. The van der Waals surface area contributed by atoms with Crippen molar-refractivity contribution in [2.24, 2.45) is 4.99 Å². The van der Waals surface area contributed by atoms with Crippen LogP contribution in [-0.4, -0.2) is 48.7 Å². The predicted molar refractivity (Wildman–Crippen MR) is 103 cm³/mol. The summed E-state index contributed by atoms with van der Waals surface area (Å²) in [5, 5.41) is 3.39. The van der Waals surface area contributed by atoms with Crippen LogP contribution in [0.2, 0.25) is 0 Å². The molecule has 0 spiro atoms. The van der Waals surface area contributed by atoms with Gasteiger partial charge >= 0.3 is 0 Å². The molecule has 1 aliphatic rings. The van der Waals surface area contributed by atoms with E-state index in [0.29, 0.717) is 18.5 Å². The molecule has 140 valence electrons. The summed E-state index contributed by atoms with van der Waals surface area (Å²) in [5.74, 6) is 1.55. The Hall–Kier alpha value is -2.34. The molecule has 0 amide bonds. The van der Waals surface area contributed by atoms with Crippen molar-refractivity contribution >= 4 is 5.96 Å². The summed E-state index contributed by atoms with van der Waals surface area (Å²) >= 11 is 0. The van der Waals surface area contributed by atoms with Gasteiger partial charge in [0.15, 0.2) is 5.96 Å². The summed E-state index contributed by atoms with van der Waals surface area (Å²) in [6.07, 6.45) is 4.16. The molecule has 0 bridgehead atoms. The van der Waals surface area contributed by atoms with E-state index in [1.807, 2.05) is 19.2 Å². The maximum atomic E-state index is 5.72. The van der Waals surface area contributed by atoms with E-state index in [1.54, 1.807) is 6.26 Å². The summed E-state index contributed by atoms with van der Waals surface area (Å²) in [7, 11) is 1.82. The lowest BCUT2D eigenvalue weighted by atomic mass is 10.1. The van der Waals surface area contributed by atoms with Gasteiger partial charge in [0.05, 0.1) is 18.3 Å². The number of rotatable bonds is 5. The molecule has 0 atom stereocenters. The van der Waals surface area contributed by atoms with Gasteiger partial charge < -0.3 is 19.4 Å². The highest BCUT2D eigenvalue weighted by Gasteiger charge is 2.21. The van der Waals surface area contributed by atoms with Gasteiger partial charge in [-0.05, 0) is 38.8 Å². The highest BCUT2D eigenvalue weighted by Crippen LogP contribution is 2.19. The first-order valence-corrected chi connectivity index (χ1v) is 9.28. The molecule has 0 unspecified atom stereocenters. The Balaban J connectivity index is 1.54. The van der Waals surface area contributed by atoms with Gasteiger partial charge in [-0.2, -0.15) is 0 Å². The van der Waals surface area contributed by atoms with Crippen LogP contribution in [0.5, 0.6) is 0 Å². The minimum absolute atomic E-state index is 0.377. The fourth-order valence-electron chi connectivity index (χ4n) is 3.19. The Kier molecular flexibility index (Phi) is 6.28. The van der Waals surface area contributed by atoms with Gasteiger partial charge in [-0.25, -0.2) is 4.98 Å². The maximum Gasteiger partial charge on any atom is 0.226 e. The Bertz CT molecular complexity index is 716. The summed E-state index contributed by atoms with van der Waals surface area (Å²) in [4.78, 5) is 11.3. The predicted octanol–water partition coefficient (Wildman–Crippen LogP) is 3.23. The highest BCUT2D eigenvalue weighted by atomic mass is 16.5. The molecule has 1 aliphatic heterocycles. The average molecular weight is 356 g/mol. The van der Waals surface area contributed by atoms with E-state index in [2.05, 4.69) is 46.2 Å². The number of oxazole rings is 1. The van der Waals surface area contributed by atoms with Gasteiger partial charge in [0.1, 0.15) is 6.26 Å². The van der Waals surface area contributed by atoms with Gasteiger partial charge in [0.25, 0.3) is 0 Å². The smallest absolute Gasteiger partial charge is 0.226 e. The van der Waals surface area contributed by atoms with Crippen molar-refractivity contribution in [3.05, 3.63) is 41.8 Å². The molecular weight excluding hydrogens is 328 g/mol. The molecule has 0 aliphatic carbocycles. The Morgan fingerprint density at radius 3 is 2.69 bits per heavy atom. The van der Waals surface area contributed by atoms with Gasteiger partial charge in [0, 0.05) is 32.3 Å². The molecule has 1 saturated heterocycles. The van der Waals surface area contributed by atoms with E-state index in [-0.39, 0.29) is 0 Å². The molecule has 0 radical (unpaired) electrons. The van der Waals surface area contributed by atoms with Crippen LogP contribution in [0.4, 0.5) is 0 Å². The van der Waals surface area contributed by atoms with E-state index in [0.717, 1.165) is 49.8 Å². The third kappa shape index (κ3) is 4.64. The van der Waals surface area contributed by atoms with Crippen molar-refractivity contribution in [3.63, 3.8) is 0 Å². The summed E-state index contributed by atoms with van der Waals surface area (Å²) < 4.78 is 11.3. The number of guanidine groups is 1. The van der Waals surface area contributed by atoms with Crippen molar-refractivity contribution in [1.29, 1.82) is 0 Å². The summed E-state index contributed by atoms with van der Waals surface area (Å²) in [6.45, 7) is 7.41. The molecule has 0 saturated carbocycles. The topological polar surface area (TPSA) is 62.9 Å². The lowest BCUT2D eigenvalue weighted by Crippen LogP contribution is -2.46. The number of aromatic nitrogens is 1. The molecule has 1 aromatic carbocycles. The number of ether oxygens (including phenoxy) is 1. The van der Waals surface area contributed by atoms with Gasteiger partial charge in [-0.15, -0.1) is 0 Å². The lowest BCUT2D eigenvalue weighted by molar-refractivity contribution is 0.0263. The van der Waals surface area contributed by atoms with E-state index < -0.39 is 0 Å². The fourth-order valence-corrected chi connectivity index (χ4v) is 3.19. The van der Waals surface area contributed by atoms with Crippen molar-refractivity contribution in [3.8, 4) is 11.5 Å². The lowest BCUT2D eigenvalue weighted by Gasteiger charge is -2.33. The van der Waals surface area contributed by atoms with Crippen LogP contribution in [0.25, 0.3) is 11.5 Å². The highest BCUT2D eigenvalue weighted by molar-refractivity contribution is 5.79. The number of piperidine rings is 1. The first-order chi connectivity index (χ1) is 12.7. The van der Waals surface area contributed by atoms with Crippen molar-refractivity contribution < 1.29 is 9.15 Å². The van der Waals surface area contributed by atoms with Crippen molar-refractivity contribution in [2.45, 2.75) is 39.3 Å². The quantitative estimate of drug-likeness (QED) is 0.658. The molecule has 26 heavy (non-hydrogen) atoms. The molecule has 6 nitrogen and oxygen atoms in total. The van der Waals surface area contributed by atoms with E-state index in [1.165, 1.54) is 5.56 Å². The number of nitrogens with one attached hydrogen (secondary N) is 1. The third-order valence-corrected chi connectivity index (χ3v) is 4.63. The molecule has 2 aromatic rings. The van der Waals surface area contributed by atoms with Crippen LogP contribution >= 0.6 is 0 Å². The number of aliphatic imine (C=N–C) groups is 1. The van der Waals surface area contributed by atoms with Crippen LogP contribution in [0.1, 0.15) is 31.0 Å². The number of hydrogen-bond acceptors (Lipinski definition) is 4. The minimum Gasteiger partial charge on any atom is -0.444 e. The molecule has 1 fully saturated rings. The zero-order chi connectivity index (χ0) is 18.4. The SMILES string of the molecule is CCOC1CCN(C(=NC)NCc2coc(-c3ccc(C)cc3)n2)CC1. The van der Waals surface area contributed by atoms with Gasteiger partial charge in [-0.1, -0.05) is 17.7 Å². The Morgan fingerprint density at radius 2 is 2.04 bits per heavy atom. The number of likely N-dealkylation sites (tertiary alicyclic amines) is 1. The summed E-state index contributed by atoms with van der Waals surface area (Å²) in [5.41, 5.74) is 3.08. The maximum absolute atomic E-state index is 5.72. The first-order valence-electron chi connectivity index (χ1n) is 9.28. The normalized spacial score (nSPS) is 16.1. The van der Waals surface area contributed by atoms with Crippen LogP contribution < -0.4 is 5.32 Å². The van der Waals surface area contributed by atoms with Crippen LogP contribution in [0.3, 0.4) is 0 Å². The fraction of sp³-hybridized carbons (Fsp3) is 0.500. The standard InChI is InChI=1S/C20H28N4O2/c1-4-25-18-9-11-24(12-10-18)20(21-3)22-13-17-14-26-19(23-17)16-7-5-15(2)6-8-16/h5-8,14,18H,4,9-13H2,1-3H3,(H,21,22). The molecular formula is C20H28N4O2. The van der Waals surface area contributed by atoms with Crippen molar-refractivity contribution in [2.75, 3.05) is 26.7 Å². The molecule has 6 heteroatoms. The summed E-state index contributed by atoms with van der Waals surface area (Å²) in [6, 6.07) is 8.18. The second-order valence-electron chi connectivity index (χ2n) is 6.55. The monoisotopic (exact) mass is 356 g/mol. The Morgan fingerprint density at radius 1 is 1.31 bits per heavy atom. The van der Waals surface area contributed by atoms with E-state index in [9.17, 15) is 0 Å². The largest absolute Gasteiger partial charge is 0.444 e. The average Bonchev–Trinajstić information content (AvgIpc) is 3.13. The van der Waals surface area contributed by atoms with Gasteiger partial charge in [0.2, 0.25) is 5.89 Å². The molecule has 1 N–H and O–H groups in total. The van der Waals surface area contributed by atoms with Gasteiger partial charge in [-0.3, -0.25) is 4.99 Å². The first kappa shape index (κ1) is 18.5. The minimum atomic E-state index is 0.377. The Labute approximate surface area is 155 Å². The van der Waals surface area contributed by atoms with Crippen LogP contribution in [-0.2, 0) is 11.3 Å². The second-order valence-corrected chi connectivity index (χ2v) is 6.55. The third-order valence-electron chi connectivity index (χ3n) is 4.63. The zero-order valence-corrected chi connectivity index (χ0v) is 15.9. The second kappa shape index (κ2) is 8.85. The number of benzene rings is 1. The molecule has 2 heterocycles. The zero-order valence-electron chi connectivity index (χ0n) is 15.9. The van der Waals surface area contributed by atoms with Crippen LogP contribution in [0, 0.1) is 6.92 Å². The van der Waals surface area contributed by atoms with Crippen LogP contribution in [0.15, 0.2) is 39.9 Å². The van der Waals surface area contributed by atoms with E-state index in [4.69, 9.17) is 9.15 Å².